The van der Waals surface area contributed by atoms with Crippen LogP contribution in [0.2, 0.25) is 5.02 Å². The van der Waals surface area contributed by atoms with Crippen LogP contribution >= 0.6 is 11.6 Å². The molecule has 0 saturated heterocycles. The Labute approximate surface area is 123 Å². The largest absolute Gasteiger partial charge is 0.573 e. The summed E-state index contributed by atoms with van der Waals surface area (Å²) in [6.45, 7) is 0. The minimum absolute atomic E-state index is 0.157. The first-order chi connectivity index (χ1) is 9.89. The minimum Gasteiger partial charge on any atom is -0.406 e. The minimum atomic E-state index is -4.76. The van der Waals surface area contributed by atoms with E-state index >= 15 is 0 Å². The number of ether oxygens (including phenoxy) is 1. The van der Waals surface area contributed by atoms with Gasteiger partial charge in [-0.15, -0.1) is 13.2 Å². The van der Waals surface area contributed by atoms with E-state index in [1.165, 1.54) is 24.4 Å². The first-order valence-corrected chi connectivity index (χ1v) is 6.14. The summed E-state index contributed by atoms with van der Waals surface area (Å²) in [5, 5.41) is 8.85. The summed E-state index contributed by atoms with van der Waals surface area (Å²) >= 11 is 6.05. The maximum absolute atomic E-state index is 12.2. The Bertz CT molecular complexity index is 695. The molecule has 2 aromatic rings. The van der Waals surface area contributed by atoms with E-state index in [-0.39, 0.29) is 17.2 Å². The average Bonchev–Trinajstić information content (AvgIpc) is 2.37. The smallest absolute Gasteiger partial charge is 0.406 e. The van der Waals surface area contributed by atoms with Gasteiger partial charge in [0.25, 0.3) is 0 Å². The average molecular weight is 313 g/mol. The first-order valence-electron chi connectivity index (χ1n) is 5.76. The fourth-order valence-corrected chi connectivity index (χ4v) is 2.02. The molecule has 0 fully saturated rings. The predicted molar refractivity (Wildman–Crippen MR) is 70.7 cm³/mol. The lowest BCUT2D eigenvalue weighted by atomic mass is 10.1. The van der Waals surface area contributed by atoms with Gasteiger partial charge in [0.1, 0.15) is 5.75 Å². The van der Waals surface area contributed by atoms with Crippen LogP contribution in [-0.4, -0.2) is 11.3 Å². The summed E-state index contributed by atoms with van der Waals surface area (Å²) in [5.41, 5.74) is 1.35. The van der Waals surface area contributed by atoms with Crippen molar-refractivity contribution in [1.82, 2.24) is 4.98 Å². The maximum Gasteiger partial charge on any atom is 0.573 e. The van der Waals surface area contributed by atoms with Crippen LogP contribution in [0.4, 0.5) is 13.2 Å². The number of halogens is 4. The molecule has 1 aromatic heterocycles. The van der Waals surface area contributed by atoms with E-state index in [0.29, 0.717) is 16.8 Å². The highest BCUT2D eigenvalue weighted by molar-refractivity contribution is 6.33. The van der Waals surface area contributed by atoms with Crippen LogP contribution in [0.15, 0.2) is 36.5 Å². The van der Waals surface area contributed by atoms with E-state index in [1.807, 2.05) is 6.07 Å². The molecule has 7 heteroatoms. The molecule has 0 bridgehead atoms. The van der Waals surface area contributed by atoms with Gasteiger partial charge in [0.15, 0.2) is 0 Å². The third-order valence-corrected chi connectivity index (χ3v) is 2.81. The highest BCUT2D eigenvalue weighted by Gasteiger charge is 2.31. The van der Waals surface area contributed by atoms with Gasteiger partial charge in [-0.3, -0.25) is 4.98 Å². The maximum atomic E-state index is 12.2. The Morgan fingerprint density at radius 2 is 2.05 bits per heavy atom. The number of aromatic nitrogens is 1. The number of nitriles is 1. The van der Waals surface area contributed by atoms with Gasteiger partial charge in [0.05, 0.1) is 23.2 Å². The number of benzene rings is 1. The topological polar surface area (TPSA) is 45.9 Å². The molecule has 0 aliphatic carbocycles. The molecule has 3 nitrogen and oxygen atoms in total. The van der Waals surface area contributed by atoms with Gasteiger partial charge < -0.3 is 4.74 Å². The number of alkyl halides is 3. The normalized spacial score (nSPS) is 11.0. The van der Waals surface area contributed by atoms with E-state index in [9.17, 15) is 13.2 Å². The van der Waals surface area contributed by atoms with Crippen LogP contribution in [-0.2, 0) is 6.42 Å². The van der Waals surface area contributed by atoms with Crippen molar-refractivity contribution in [3.8, 4) is 23.1 Å². The van der Waals surface area contributed by atoms with Crippen molar-refractivity contribution in [2.45, 2.75) is 12.8 Å². The van der Waals surface area contributed by atoms with Gasteiger partial charge in [-0.2, -0.15) is 5.26 Å². The molecular formula is C14H8ClF3N2O. The van der Waals surface area contributed by atoms with Crippen molar-refractivity contribution in [2.24, 2.45) is 0 Å². The van der Waals surface area contributed by atoms with Crippen molar-refractivity contribution in [2.75, 3.05) is 0 Å². The van der Waals surface area contributed by atoms with E-state index in [2.05, 4.69) is 9.72 Å². The summed E-state index contributed by atoms with van der Waals surface area (Å²) in [7, 11) is 0. The molecule has 0 N–H and O–H groups in total. The predicted octanol–water partition coefficient (Wildman–Crippen LogP) is 4.37. The zero-order valence-corrected chi connectivity index (χ0v) is 11.2. The van der Waals surface area contributed by atoms with Crippen molar-refractivity contribution in [3.63, 3.8) is 0 Å². The first kappa shape index (κ1) is 15.1. The quantitative estimate of drug-likeness (QED) is 0.845. The molecule has 0 aliphatic heterocycles. The van der Waals surface area contributed by atoms with Gasteiger partial charge in [-0.1, -0.05) is 23.7 Å². The summed E-state index contributed by atoms with van der Waals surface area (Å²) in [6.07, 6.45) is -3.14. The Morgan fingerprint density at radius 1 is 1.29 bits per heavy atom. The molecule has 2 rings (SSSR count). The Morgan fingerprint density at radius 3 is 2.67 bits per heavy atom. The fourth-order valence-electron chi connectivity index (χ4n) is 1.72. The molecule has 1 aromatic carbocycles. The monoisotopic (exact) mass is 312 g/mol. The number of hydrogen-bond acceptors (Lipinski definition) is 3. The molecule has 0 saturated carbocycles. The molecule has 0 unspecified atom stereocenters. The van der Waals surface area contributed by atoms with Crippen molar-refractivity contribution >= 4 is 11.6 Å². The zero-order valence-electron chi connectivity index (χ0n) is 10.5. The lowest BCUT2D eigenvalue weighted by Crippen LogP contribution is -2.17. The van der Waals surface area contributed by atoms with Crippen molar-refractivity contribution in [3.05, 3.63) is 47.1 Å². The third-order valence-electron chi connectivity index (χ3n) is 2.52. The second-order valence-electron chi connectivity index (χ2n) is 4.08. The van der Waals surface area contributed by atoms with Crippen LogP contribution in [0.1, 0.15) is 5.56 Å². The molecule has 108 valence electrons. The molecule has 0 atom stereocenters. The van der Waals surface area contributed by atoms with Gasteiger partial charge in [0.2, 0.25) is 0 Å². The van der Waals surface area contributed by atoms with Gasteiger partial charge in [0, 0.05) is 11.8 Å². The second kappa shape index (κ2) is 6.02. The second-order valence-corrected chi connectivity index (χ2v) is 4.49. The van der Waals surface area contributed by atoms with Crippen LogP contribution in [0.5, 0.6) is 5.75 Å². The zero-order chi connectivity index (χ0) is 15.5. The Balaban J connectivity index is 2.34. The lowest BCUT2D eigenvalue weighted by Gasteiger charge is -2.10. The number of rotatable bonds is 3. The van der Waals surface area contributed by atoms with Gasteiger partial charge >= 0.3 is 6.36 Å². The van der Waals surface area contributed by atoms with Crippen LogP contribution < -0.4 is 4.74 Å². The highest BCUT2D eigenvalue weighted by atomic mass is 35.5. The van der Waals surface area contributed by atoms with Crippen LogP contribution in [0.25, 0.3) is 11.3 Å². The summed E-state index contributed by atoms with van der Waals surface area (Å²) in [4.78, 5) is 4.08. The molecule has 21 heavy (non-hydrogen) atoms. The molecule has 0 radical (unpaired) electrons. The number of pyridine rings is 1. The SMILES string of the molecule is N#CCc1cnc(-c2cccc(OC(F)(F)F)c2)c(Cl)c1. The van der Waals surface area contributed by atoms with Crippen molar-refractivity contribution < 1.29 is 17.9 Å². The fraction of sp³-hybridized carbons (Fsp3) is 0.143. The standard InChI is InChI=1S/C14H8ClF3N2O/c15-12-6-9(4-5-19)8-20-13(12)10-2-1-3-11(7-10)21-14(16,17)18/h1-3,6-8H,4H2. The number of nitrogens with zero attached hydrogens (tertiary/aromatic N) is 2. The van der Waals surface area contributed by atoms with E-state index < -0.39 is 6.36 Å². The molecule has 0 amide bonds. The molecular weight excluding hydrogens is 305 g/mol. The number of hydrogen-bond donors (Lipinski definition) is 0. The van der Waals surface area contributed by atoms with Crippen LogP contribution in [0.3, 0.4) is 0 Å². The van der Waals surface area contributed by atoms with E-state index in [0.717, 1.165) is 0 Å². The van der Waals surface area contributed by atoms with Crippen LogP contribution in [0, 0.1) is 11.3 Å². The Kier molecular flexibility index (Phi) is 4.34. The lowest BCUT2D eigenvalue weighted by molar-refractivity contribution is -0.274. The third kappa shape index (κ3) is 4.10. The molecule has 0 spiro atoms. The van der Waals surface area contributed by atoms with Crippen molar-refractivity contribution in [1.29, 1.82) is 5.26 Å². The van der Waals surface area contributed by atoms with Gasteiger partial charge in [-0.25, -0.2) is 0 Å². The molecule has 1 heterocycles. The summed E-state index contributed by atoms with van der Waals surface area (Å²) < 4.78 is 40.4. The Hall–Kier alpha value is -2.26. The van der Waals surface area contributed by atoms with Gasteiger partial charge in [-0.05, 0) is 23.8 Å². The van der Waals surface area contributed by atoms with E-state index in [1.54, 1.807) is 12.1 Å². The summed E-state index contributed by atoms with van der Waals surface area (Å²) in [6, 6.07) is 8.90. The highest BCUT2D eigenvalue weighted by Crippen LogP contribution is 2.31. The molecule has 0 aliphatic rings. The van der Waals surface area contributed by atoms with E-state index in [4.69, 9.17) is 16.9 Å². The summed E-state index contributed by atoms with van der Waals surface area (Å²) in [5.74, 6) is -0.348.